The molecule has 0 spiro atoms. The molecular weight excluding hydrogens is 282 g/mol. The van der Waals surface area contributed by atoms with Crippen molar-refractivity contribution < 1.29 is 9.59 Å². The van der Waals surface area contributed by atoms with Gasteiger partial charge >= 0.3 is 0 Å². The summed E-state index contributed by atoms with van der Waals surface area (Å²) in [5.74, 6) is -0.873. The van der Waals surface area contributed by atoms with Crippen LogP contribution in [0.15, 0.2) is 30.6 Å². The third-order valence-corrected chi connectivity index (χ3v) is 2.80. The van der Waals surface area contributed by atoms with Gasteiger partial charge in [0, 0.05) is 11.8 Å². The van der Waals surface area contributed by atoms with Crippen molar-refractivity contribution in [3.8, 4) is 0 Å². The predicted molar refractivity (Wildman–Crippen MR) is 75.2 cm³/mol. The number of nitrogens with zero attached hydrogens (tertiary/aromatic N) is 2. The minimum Gasteiger partial charge on any atom is -0.398 e. The summed E-state index contributed by atoms with van der Waals surface area (Å²) in [6, 6.07) is 4.58. The summed E-state index contributed by atoms with van der Waals surface area (Å²) in [6.07, 6.45) is 2.92. The minimum absolute atomic E-state index is 0.0520. The lowest BCUT2D eigenvalue weighted by Gasteiger charge is -2.04. The number of anilines is 2. The van der Waals surface area contributed by atoms with Gasteiger partial charge in [-0.05, 0) is 18.2 Å². The van der Waals surface area contributed by atoms with Gasteiger partial charge in [0.2, 0.25) is 5.91 Å². The number of benzene rings is 1. The normalized spacial score (nSPS) is 10.2. The van der Waals surface area contributed by atoms with Crippen molar-refractivity contribution in [3.63, 3.8) is 0 Å². The number of nitrogen functional groups attached to an aromatic ring is 1. The first-order valence-electron chi connectivity index (χ1n) is 5.63. The number of primary amides is 1. The van der Waals surface area contributed by atoms with Gasteiger partial charge < -0.3 is 16.8 Å². The number of carbonyl (C=O) groups is 2. The van der Waals surface area contributed by atoms with Crippen LogP contribution in [0.25, 0.3) is 0 Å². The molecule has 2 amide bonds. The zero-order valence-corrected chi connectivity index (χ0v) is 11.1. The Balaban J connectivity index is 2.09. The maximum Gasteiger partial charge on any atom is 0.255 e. The highest BCUT2D eigenvalue weighted by molar-refractivity contribution is 6.33. The Morgan fingerprint density at radius 1 is 1.40 bits per heavy atom. The van der Waals surface area contributed by atoms with Gasteiger partial charge in [-0.25, -0.2) is 0 Å². The van der Waals surface area contributed by atoms with Gasteiger partial charge in [-0.2, -0.15) is 5.10 Å². The van der Waals surface area contributed by atoms with E-state index in [1.165, 1.54) is 23.1 Å². The standard InChI is InChI=1S/C12H12ClN5O2/c13-9-3-7(1-2-10(9)14)12(20)17-8-4-16-18(5-8)6-11(15)19/h1-5H,6,14H2,(H2,15,19)(H,17,20). The van der Waals surface area contributed by atoms with Crippen molar-refractivity contribution in [2.24, 2.45) is 5.73 Å². The summed E-state index contributed by atoms with van der Waals surface area (Å²) in [4.78, 5) is 22.7. The van der Waals surface area contributed by atoms with E-state index < -0.39 is 5.91 Å². The van der Waals surface area contributed by atoms with E-state index in [4.69, 9.17) is 23.1 Å². The number of halogens is 1. The molecule has 5 N–H and O–H groups in total. The Labute approximate surface area is 119 Å². The molecule has 0 saturated carbocycles. The Hall–Kier alpha value is -2.54. The number of aromatic nitrogens is 2. The van der Waals surface area contributed by atoms with E-state index in [1.807, 2.05) is 0 Å². The molecule has 0 fully saturated rings. The van der Waals surface area contributed by atoms with Crippen molar-refractivity contribution in [2.75, 3.05) is 11.1 Å². The largest absolute Gasteiger partial charge is 0.398 e. The molecule has 2 rings (SSSR count). The second-order valence-electron chi connectivity index (χ2n) is 4.08. The topological polar surface area (TPSA) is 116 Å². The molecule has 0 bridgehead atoms. The molecule has 0 aliphatic heterocycles. The molecule has 0 aliphatic carbocycles. The molecule has 8 heteroatoms. The van der Waals surface area contributed by atoms with Crippen LogP contribution in [0.1, 0.15) is 10.4 Å². The SMILES string of the molecule is NC(=O)Cn1cc(NC(=O)c2ccc(N)c(Cl)c2)cn1. The number of nitrogens with two attached hydrogens (primary N) is 2. The van der Waals surface area contributed by atoms with Gasteiger partial charge in [-0.3, -0.25) is 14.3 Å². The summed E-state index contributed by atoms with van der Waals surface area (Å²) in [7, 11) is 0. The van der Waals surface area contributed by atoms with Gasteiger partial charge in [0.25, 0.3) is 5.91 Å². The Kier molecular flexibility index (Phi) is 3.90. The fourth-order valence-corrected chi connectivity index (χ4v) is 1.73. The van der Waals surface area contributed by atoms with Crippen LogP contribution in [0.5, 0.6) is 0 Å². The fourth-order valence-electron chi connectivity index (χ4n) is 1.55. The van der Waals surface area contributed by atoms with E-state index in [0.29, 0.717) is 22.0 Å². The summed E-state index contributed by atoms with van der Waals surface area (Å²) in [5, 5.41) is 6.82. The van der Waals surface area contributed by atoms with E-state index in [2.05, 4.69) is 10.4 Å². The van der Waals surface area contributed by atoms with E-state index in [-0.39, 0.29) is 12.5 Å². The molecule has 1 aromatic carbocycles. The predicted octanol–water partition coefficient (Wildman–Crippen LogP) is 0.856. The van der Waals surface area contributed by atoms with Crippen LogP contribution in [0.2, 0.25) is 5.02 Å². The number of amides is 2. The smallest absolute Gasteiger partial charge is 0.255 e. The highest BCUT2D eigenvalue weighted by Gasteiger charge is 2.09. The summed E-state index contributed by atoms with van der Waals surface area (Å²) in [6.45, 7) is -0.0520. The van der Waals surface area contributed by atoms with E-state index in [1.54, 1.807) is 12.1 Å². The summed E-state index contributed by atoms with van der Waals surface area (Å²) in [5.41, 5.74) is 11.8. The highest BCUT2D eigenvalue weighted by atomic mass is 35.5. The van der Waals surface area contributed by atoms with Crippen LogP contribution in [-0.2, 0) is 11.3 Å². The van der Waals surface area contributed by atoms with Gasteiger partial charge in [0.05, 0.1) is 22.6 Å². The van der Waals surface area contributed by atoms with Gasteiger partial charge in [0.1, 0.15) is 6.54 Å². The highest BCUT2D eigenvalue weighted by Crippen LogP contribution is 2.20. The van der Waals surface area contributed by atoms with Crippen LogP contribution in [0.3, 0.4) is 0 Å². The Morgan fingerprint density at radius 3 is 2.80 bits per heavy atom. The lowest BCUT2D eigenvalue weighted by Crippen LogP contribution is -2.18. The number of nitrogens with one attached hydrogen (secondary N) is 1. The first kappa shape index (κ1) is 13.9. The zero-order valence-electron chi connectivity index (χ0n) is 10.3. The van der Waals surface area contributed by atoms with Crippen molar-refractivity contribution in [1.82, 2.24) is 9.78 Å². The van der Waals surface area contributed by atoms with Crippen LogP contribution in [-0.4, -0.2) is 21.6 Å². The first-order chi connectivity index (χ1) is 9.45. The van der Waals surface area contributed by atoms with Crippen molar-refractivity contribution in [3.05, 3.63) is 41.2 Å². The molecule has 7 nitrogen and oxygen atoms in total. The van der Waals surface area contributed by atoms with Crippen LogP contribution >= 0.6 is 11.6 Å². The van der Waals surface area contributed by atoms with Crippen LogP contribution in [0.4, 0.5) is 11.4 Å². The Morgan fingerprint density at radius 2 is 2.15 bits per heavy atom. The molecule has 0 saturated heterocycles. The second-order valence-corrected chi connectivity index (χ2v) is 4.49. The molecule has 1 aromatic heterocycles. The molecule has 2 aromatic rings. The first-order valence-corrected chi connectivity index (χ1v) is 6.00. The monoisotopic (exact) mass is 293 g/mol. The van der Waals surface area contributed by atoms with E-state index >= 15 is 0 Å². The lowest BCUT2D eigenvalue weighted by molar-refractivity contribution is -0.118. The third-order valence-electron chi connectivity index (χ3n) is 2.47. The number of rotatable bonds is 4. The molecule has 0 aliphatic rings. The van der Waals surface area contributed by atoms with E-state index in [9.17, 15) is 9.59 Å². The van der Waals surface area contributed by atoms with Crippen LogP contribution < -0.4 is 16.8 Å². The maximum atomic E-state index is 12.0. The molecule has 0 radical (unpaired) electrons. The molecule has 20 heavy (non-hydrogen) atoms. The average molecular weight is 294 g/mol. The molecule has 104 valence electrons. The molecule has 0 atom stereocenters. The summed E-state index contributed by atoms with van der Waals surface area (Å²) >= 11 is 5.85. The maximum absolute atomic E-state index is 12.0. The third kappa shape index (κ3) is 3.27. The molecule has 0 unspecified atom stereocenters. The quantitative estimate of drug-likeness (QED) is 0.725. The molecular formula is C12H12ClN5O2. The van der Waals surface area contributed by atoms with Crippen LogP contribution in [0, 0.1) is 0 Å². The lowest BCUT2D eigenvalue weighted by atomic mass is 10.2. The number of hydrogen-bond acceptors (Lipinski definition) is 4. The summed E-state index contributed by atoms with van der Waals surface area (Å²) < 4.78 is 1.33. The van der Waals surface area contributed by atoms with Crippen molar-refractivity contribution in [1.29, 1.82) is 0 Å². The van der Waals surface area contributed by atoms with E-state index in [0.717, 1.165) is 0 Å². The number of carbonyl (C=O) groups excluding carboxylic acids is 2. The average Bonchev–Trinajstić information content (AvgIpc) is 2.79. The van der Waals surface area contributed by atoms with Crippen molar-refractivity contribution in [2.45, 2.75) is 6.54 Å². The van der Waals surface area contributed by atoms with Gasteiger partial charge in [-0.1, -0.05) is 11.6 Å². The fraction of sp³-hybridized carbons (Fsp3) is 0.0833. The minimum atomic E-state index is -0.517. The molecule has 1 heterocycles. The van der Waals surface area contributed by atoms with Gasteiger partial charge in [-0.15, -0.1) is 0 Å². The number of hydrogen-bond donors (Lipinski definition) is 3. The zero-order chi connectivity index (χ0) is 14.7. The van der Waals surface area contributed by atoms with Crippen molar-refractivity contribution >= 4 is 34.8 Å². The van der Waals surface area contributed by atoms with Gasteiger partial charge in [0.15, 0.2) is 0 Å². The Bertz CT molecular complexity index is 668. The second kappa shape index (κ2) is 5.62.